The van der Waals surface area contributed by atoms with E-state index in [1.807, 2.05) is 4.90 Å². The van der Waals surface area contributed by atoms with Crippen LogP contribution >= 0.6 is 23.2 Å². The topological polar surface area (TPSA) is 45.3 Å². The number of aryl methyl sites for hydroxylation is 1. The van der Waals surface area contributed by atoms with Crippen LogP contribution in [0.5, 0.6) is 5.75 Å². The third-order valence-corrected chi connectivity index (χ3v) is 5.79. The Kier molecular flexibility index (Phi) is 4.79. The predicted molar refractivity (Wildman–Crippen MR) is 109 cm³/mol. The van der Waals surface area contributed by atoms with Gasteiger partial charge in [0.25, 0.3) is 5.91 Å². The molecule has 1 aliphatic heterocycles. The molecule has 0 saturated heterocycles. The minimum atomic E-state index is -0.148. The van der Waals surface area contributed by atoms with Crippen LogP contribution in [0.15, 0.2) is 30.3 Å². The van der Waals surface area contributed by atoms with Crippen LogP contribution in [0.4, 0.5) is 0 Å². The maximum absolute atomic E-state index is 13.2. The summed E-state index contributed by atoms with van der Waals surface area (Å²) in [5, 5.41) is 1.98. The van der Waals surface area contributed by atoms with Gasteiger partial charge in [0.15, 0.2) is 5.75 Å². The zero-order valence-corrected chi connectivity index (χ0v) is 16.7. The molecule has 0 spiro atoms. The number of halogens is 2. The van der Waals surface area contributed by atoms with Crippen molar-refractivity contribution >= 4 is 40.0 Å². The van der Waals surface area contributed by atoms with E-state index in [1.54, 1.807) is 12.1 Å². The van der Waals surface area contributed by atoms with Crippen LogP contribution in [-0.4, -0.2) is 36.0 Å². The summed E-state index contributed by atoms with van der Waals surface area (Å²) in [7, 11) is 1.50. The van der Waals surface area contributed by atoms with Crippen molar-refractivity contribution in [3.05, 3.63) is 62.8 Å². The van der Waals surface area contributed by atoms with Gasteiger partial charge in [0.1, 0.15) is 5.56 Å². The predicted octanol–water partition coefficient (Wildman–Crippen LogP) is 5.03. The minimum Gasteiger partial charge on any atom is -0.494 e. The highest BCUT2D eigenvalue weighted by atomic mass is 35.5. The van der Waals surface area contributed by atoms with Crippen molar-refractivity contribution in [1.82, 2.24) is 9.88 Å². The lowest BCUT2D eigenvalue weighted by Gasteiger charge is -2.22. The quantitative estimate of drug-likeness (QED) is 0.652. The Labute approximate surface area is 168 Å². The number of amides is 1. The van der Waals surface area contributed by atoms with Crippen LogP contribution in [0.25, 0.3) is 10.9 Å². The molecule has 0 unspecified atom stereocenters. The van der Waals surface area contributed by atoms with Crippen molar-refractivity contribution in [3.63, 3.8) is 0 Å². The van der Waals surface area contributed by atoms with Gasteiger partial charge in [-0.3, -0.25) is 4.79 Å². The molecule has 1 aromatic heterocycles. The van der Waals surface area contributed by atoms with E-state index < -0.39 is 0 Å². The first-order valence-electron chi connectivity index (χ1n) is 8.91. The summed E-state index contributed by atoms with van der Waals surface area (Å²) in [5.74, 6) is 0.183. The molecule has 1 aliphatic rings. The third-order valence-electron chi connectivity index (χ3n) is 5.18. The molecule has 0 fully saturated rings. The fourth-order valence-corrected chi connectivity index (χ4v) is 4.28. The zero-order chi connectivity index (χ0) is 19.1. The summed E-state index contributed by atoms with van der Waals surface area (Å²) in [6.07, 6.45) is 1.57. The lowest BCUT2D eigenvalue weighted by atomic mass is 10.1. The maximum Gasteiger partial charge on any atom is 0.259 e. The second kappa shape index (κ2) is 7.10. The number of H-pyrrole nitrogens is 1. The number of hydrogen-bond donors (Lipinski definition) is 1. The van der Waals surface area contributed by atoms with E-state index in [1.165, 1.54) is 29.3 Å². The van der Waals surface area contributed by atoms with Crippen molar-refractivity contribution in [3.8, 4) is 5.75 Å². The summed E-state index contributed by atoms with van der Waals surface area (Å²) in [5.41, 5.74) is 5.22. The summed E-state index contributed by atoms with van der Waals surface area (Å²) in [4.78, 5) is 18.5. The number of fused-ring (bicyclic) bond motifs is 3. The molecule has 4 nitrogen and oxygen atoms in total. The number of carbonyl (C=O) groups is 1. The number of benzene rings is 2. The summed E-state index contributed by atoms with van der Waals surface area (Å²) in [6, 6.07) is 9.72. The van der Waals surface area contributed by atoms with Crippen LogP contribution in [0.3, 0.4) is 0 Å². The largest absolute Gasteiger partial charge is 0.494 e. The lowest BCUT2D eigenvalue weighted by molar-refractivity contribution is 0.0759. The highest BCUT2D eigenvalue weighted by molar-refractivity contribution is 6.37. The molecule has 2 aromatic carbocycles. The maximum atomic E-state index is 13.2. The summed E-state index contributed by atoms with van der Waals surface area (Å²) >= 11 is 12.5. The standard InChI is InChI=1S/C21H20Cl2N2O2/c1-12-3-6-17-14(11-12)13-7-9-25(10-8-18(13)24-17)21(26)19-15(22)4-5-16(23)20(19)27-2/h3-6,11,24H,7-10H2,1-2H3. The van der Waals surface area contributed by atoms with E-state index in [2.05, 4.69) is 30.1 Å². The first kappa shape index (κ1) is 18.2. The molecule has 1 amide bonds. The molecule has 1 N–H and O–H groups in total. The van der Waals surface area contributed by atoms with Gasteiger partial charge in [-0.2, -0.15) is 0 Å². The SMILES string of the molecule is COc1c(Cl)ccc(Cl)c1C(=O)N1CCc2[nH]c3ccc(C)cc3c2CC1. The molecule has 0 aliphatic carbocycles. The third kappa shape index (κ3) is 3.17. The van der Waals surface area contributed by atoms with Gasteiger partial charge in [0.2, 0.25) is 0 Å². The molecule has 6 heteroatoms. The van der Waals surface area contributed by atoms with Crippen LogP contribution in [-0.2, 0) is 12.8 Å². The number of aromatic amines is 1. The van der Waals surface area contributed by atoms with E-state index in [4.69, 9.17) is 27.9 Å². The van der Waals surface area contributed by atoms with E-state index >= 15 is 0 Å². The fourth-order valence-electron chi connectivity index (χ4n) is 3.81. The van der Waals surface area contributed by atoms with E-state index in [0.29, 0.717) is 34.4 Å². The molecular weight excluding hydrogens is 383 g/mol. The highest BCUT2D eigenvalue weighted by Gasteiger charge is 2.27. The number of nitrogens with one attached hydrogen (secondary N) is 1. The van der Waals surface area contributed by atoms with Crippen molar-refractivity contribution < 1.29 is 9.53 Å². The zero-order valence-electron chi connectivity index (χ0n) is 15.2. The number of ether oxygens (including phenoxy) is 1. The molecule has 140 valence electrons. The number of aromatic nitrogens is 1. The van der Waals surface area contributed by atoms with Crippen molar-refractivity contribution in [2.24, 2.45) is 0 Å². The molecule has 0 radical (unpaired) electrons. The average molecular weight is 403 g/mol. The molecule has 2 heterocycles. The van der Waals surface area contributed by atoms with Crippen molar-refractivity contribution in [2.75, 3.05) is 20.2 Å². The van der Waals surface area contributed by atoms with Gasteiger partial charge in [0, 0.05) is 36.1 Å². The van der Waals surface area contributed by atoms with Crippen LogP contribution in [0.2, 0.25) is 10.0 Å². The normalized spacial score (nSPS) is 14.1. The second-order valence-electron chi connectivity index (χ2n) is 6.86. The van der Waals surface area contributed by atoms with Crippen molar-refractivity contribution in [2.45, 2.75) is 19.8 Å². The Hall–Kier alpha value is -2.17. The smallest absolute Gasteiger partial charge is 0.259 e. The molecule has 3 aromatic rings. The Morgan fingerprint density at radius 3 is 2.63 bits per heavy atom. The number of methoxy groups -OCH3 is 1. The Morgan fingerprint density at radius 1 is 1.11 bits per heavy atom. The van der Waals surface area contributed by atoms with E-state index in [0.717, 1.165) is 18.4 Å². The van der Waals surface area contributed by atoms with E-state index in [-0.39, 0.29) is 5.91 Å². The van der Waals surface area contributed by atoms with Gasteiger partial charge in [-0.05, 0) is 43.2 Å². The fraction of sp³-hybridized carbons (Fsp3) is 0.286. The Bertz CT molecular complexity index is 1040. The van der Waals surface area contributed by atoms with Crippen LogP contribution in [0.1, 0.15) is 27.2 Å². The summed E-state index contributed by atoms with van der Waals surface area (Å²) in [6.45, 7) is 3.33. The van der Waals surface area contributed by atoms with Crippen LogP contribution in [0, 0.1) is 6.92 Å². The Balaban J connectivity index is 1.65. The summed E-state index contributed by atoms with van der Waals surface area (Å²) < 4.78 is 5.35. The molecule has 0 saturated carbocycles. The molecule has 27 heavy (non-hydrogen) atoms. The van der Waals surface area contributed by atoms with Gasteiger partial charge < -0.3 is 14.6 Å². The molecule has 0 bridgehead atoms. The minimum absolute atomic E-state index is 0.148. The second-order valence-corrected chi connectivity index (χ2v) is 7.68. The lowest BCUT2D eigenvalue weighted by Crippen LogP contribution is -2.33. The van der Waals surface area contributed by atoms with Gasteiger partial charge in [-0.25, -0.2) is 0 Å². The van der Waals surface area contributed by atoms with Gasteiger partial charge in [-0.15, -0.1) is 0 Å². The first-order valence-corrected chi connectivity index (χ1v) is 9.66. The van der Waals surface area contributed by atoms with Crippen LogP contribution < -0.4 is 4.74 Å². The molecular formula is C21H20Cl2N2O2. The van der Waals surface area contributed by atoms with E-state index in [9.17, 15) is 4.79 Å². The Morgan fingerprint density at radius 2 is 1.85 bits per heavy atom. The number of hydrogen-bond acceptors (Lipinski definition) is 2. The monoisotopic (exact) mass is 402 g/mol. The highest BCUT2D eigenvalue weighted by Crippen LogP contribution is 2.35. The number of nitrogens with zero attached hydrogens (tertiary/aromatic N) is 1. The van der Waals surface area contributed by atoms with Crippen molar-refractivity contribution in [1.29, 1.82) is 0 Å². The molecule has 0 atom stereocenters. The van der Waals surface area contributed by atoms with Gasteiger partial charge in [0.05, 0.1) is 17.2 Å². The van der Waals surface area contributed by atoms with Gasteiger partial charge >= 0.3 is 0 Å². The average Bonchev–Trinajstić information content (AvgIpc) is 2.85. The number of rotatable bonds is 2. The van der Waals surface area contributed by atoms with Gasteiger partial charge in [-0.1, -0.05) is 34.8 Å². The number of carbonyl (C=O) groups excluding carboxylic acids is 1. The molecule has 4 rings (SSSR count). The first-order chi connectivity index (χ1) is 13.0.